The molecule has 32 heavy (non-hydrogen) atoms. The van der Waals surface area contributed by atoms with Crippen LogP contribution >= 0.6 is 0 Å². The van der Waals surface area contributed by atoms with Crippen molar-refractivity contribution in [3.05, 3.63) is 0 Å². The zero-order valence-corrected chi connectivity index (χ0v) is 18.2. The first-order valence-electron chi connectivity index (χ1n) is 11.0. The number of ether oxygens (including phenoxy) is 3. The highest BCUT2D eigenvalue weighted by molar-refractivity contribution is 5.78. The van der Waals surface area contributed by atoms with Crippen molar-refractivity contribution in [1.82, 2.24) is 0 Å². The smallest absolute Gasteiger partial charge is 0.310 e. The standard InChI is InChI=1S/C21H32O11/c1-20(2,29)11-10-7-4-5-8(17(26)27)21(7,3)16(15(11)31-18(10)28)32-19-14(25)13(24)12(23)9(6-22)30-19/h7-16,19,22-25,29H,4-6H2,1-3H3,(H,26,27)/t7-,8-,9+,10+,11-,12+,13-,14+,15+,16+,19-,21+/m1/s1. The van der Waals surface area contributed by atoms with E-state index in [9.17, 15) is 40.2 Å². The minimum atomic E-state index is -1.70. The van der Waals surface area contributed by atoms with Crippen molar-refractivity contribution in [3.63, 3.8) is 0 Å². The van der Waals surface area contributed by atoms with Gasteiger partial charge in [-0.15, -0.1) is 0 Å². The molecule has 2 saturated heterocycles. The van der Waals surface area contributed by atoms with Gasteiger partial charge in [0.25, 0.3) is 0 Å². The van der Waals surface area contributed by atoms with Gasteiger partial charge < -0.3 is 44.8 Å². The van der Waals surface area contributed by atoms with Crippen molar-refractivity contribution in [2.45, 2.75) is 82.1 Å². The van der Waals surface area contributed by atoms with Crippen molar-refractivity contribution in [2.24, 2.45) is 29.1 Å². The number of aliphatic hydroxyl groups is 5. The van der Waals surface area contributed by atoms with Gasteiger partial charge in [0.2, 0.25) is 0 Å². The first kappa shape index (κ1) is 23.8. The normalized spacial score (nSPS) is 50.8. The molecule has 2 aliphatic heterocycles. The molecule has 11 heteroatoms. The Kier molecular flexibility index (Phi) is 5.85. The number of hydrogen-bond donors (Lipinski definition) is 6. The third kappa shape index (κ3) is 3.29. The third-order valence-electron chi connectivity index (χ3n) is 8.17. The van der Waals surface area contributed by atoms with Crippen LogP contribution in [0.15, 0.2) is 0 Å². The van der Waals surface area contributed by atoms with Crippen LogP contribution < -0.4 is 0 Å². The van der Waals surface area contributed by atoms with Crippen molar-refractivity contribution >= 4 is 11.9 Å². The van der Waals surface area contributed by atoms with Gasteiger partial charge in [0.1, 0.15) is 36.6 Å². The van der Waals surface area contributed by atoms with Crippen molar-refractivity contribution in [1.29, 1.82) is 0 Å². The summed E-state index contributed by atoms with van der Waals surface area (Å²) in [6, 6.07) is 0. The molecule has 4 aliphatic rings. The lowest BCUT2D eigenvalue weighted by Gasteiger charge is -2.53. The molecule has 0 unspecified atom stereocenters. The van der Waals surface area contributed by atoms with Crippen LogP contribution in [0.5, 0.6) is 0 Å². The van der Waals surface area contributed by atoms with Crippen LogP contribution in [-0.4, -0.2) is 97.7 Å². The summed E-state index contributed by atoms with van der Waals surface area (Å²) in [6.45, 7) is 4.16. The molecule has 0 aromatic heterocycles. The molecule has 2 heterocycles. The van der Waals surface area contributed by atoms with Crippen LogP contribution in [-0.2, 0) is 23.8 Å². The molecule has 0 spiro atoms. The van der Waals surface area contributed by atoms with E-state index in [0.29, 0.717) is 12.8 Å². The molecule has 11 nitrogen and oxygen atoms in total. The fourth-order valence-corrected chi connectivity index (χ4v) is 6.64. The molecule has 2 bridgehead atoms. The number of carbonyl (C=O) groups excluding carboxylic acids is 1. The van der Waals surface area contributed by atoms with Gasteiger partial charge in [-0.1, -0.05) is 6.92 Å². The summed E-state index contributed by atoms with van der Waals surface area (Å²) in [4.78, 5) is 25.0. The fourth-order valence-electron chi connectivity index (χ4n) is 6.64. The van der Waals surface area contributed by atoms with E-state index >= 15 is 0 Å². The summed E-state index contributed by atoms with van der Waals surface area (Å²) >= 11 is 0. The highest BCUT2D eigenvalue weighted by atomic mass is 16.7. The molecule has 0 radical (unpaired) electrons. The number of carboxylic acids is 1. The second kappa shape index (κ2) is 7.86. The molecular weight excluding hydrogens is 428 g/mol. The van der Waals surface area contributed by atoms with E-state index in [4.69, 9.17) is 14.2 Å². The van der Waals surface area contributed by atoms with Crippen LogP contribution in [0.4, 0.5) is 0 Å². The Morgan fingerprint density at radius 3 is 2.41 bits per heavy atom. The molecule has 6 N–H and O–H groups in total. The maximum Gasteiger partial charge on any atom is 0.310 e. The molecule has 182 valence electrons. The zero-order chi connectivity index (χ0) is 23.7. The number of esters is 1. The molecule has 4 fully saturated rings. The average molecular weight is 460 g/mol. The molecule has 0 amide bonds. The Bertz CT molecular complexity index is 763. The van der Waals surface area contributed by atoms with Gasteiger partial charge in [-0.2, -0.15) is 0 Å². The van der Waals surface area contributed by atoms with E-state index in [2.05, 4.69) is 0 Å². The van der Waals surface area contributed by atoms with Crippen molar-refractivity contribution in [3.8, 4) is 0 Å². The molecule has 2 aliphatic carbocycles. The van der Waals surface area contributed by atoms with Crippen LogP contribution in [0.25, 0.3) is 0 Å². The van der Waals surface area contributed by atoms with Gasteiger partial charge in [-0.3, -0.25) is 9.59 Å². The van der Waals surface area contributed by atoms with Gasteiger partial charge in [0.15, 0.2) is 6.29 Å². The highest BCUT2D eigenvalue weighted by Gasteiger charge is 2.72. The lowest BCUT2D eigenvalue weighted by atomic mass is 9.54. The van der Waals surface area contributed by atoms with Gasteiger partial charge >= 0.3 is 11.9 Å². The quantitative estimate of drug-likeness (QED) is 0.255. The maximum atomic E-state index is 12.8. The van der Waals surface area contributed by atoms with Crippen LogP contribution in [0, 0.1) is 29.1 Å². The number of rotatable bonds is 5. The largest absolute Gasteiger partial charge is 0.481 e. The predicted octanol–water partition coefficient (Wildman–Crippen LogP) is -1.77. The molecule has 0 aromatic rings. The van der Waals surface area contributed by atoms with Crippen molar-refractivity contribution in [2.75, 3.05) is 6.61 Å². The van der Waals surface area contributed by atoms with Gasteiger partial charge in [-0.05, 0) is 32.6 Å². The second-order valence-corrected chi connectivity index (χ2v) is 10.3. The van der Waals surface area contributed by atoms with Crippen LogP contribution in [0.1, 0.15) is 33.6 Å². The SMILES string of the molecule is CC(C)(O)[C@H]1[C@@H]2OC(=O)[C@H]1[C@H]1CC[C@H](C(=O)O)[C@@]1(C)[C@H]2O[C@H]1O[C@@H](CO)[C@H](O)[C@@H](O)[C@@H]1O. The number of aliphatic hydroxyl groups excluding tert-OH is 4. The maximum absolute atomic E-state index is 12.8. The first-order chi connectivity index (χ1) is 14.8. The minimum absolute atomic E-state index is 0.306. The Hall–Kier alpha value is -1.34. The van der Waals surface area contributed by atoms with Gasteiger partial charge in [0.05, 0.1) is 24.0 Å². The molecule has 2 saturated carbocycles. The molecule has 0 aromatic carbocycles. The van der Waals surface area contributed by atoms with E-state index in [1.165, 1.54) is 0 Å². The van der Waals surface area contributed by atoms with E-state index in [1.54, 1.807) is 20.8 Å². The van der Waals surface area contributed by atoms with Gasteiger partial charge in [-0.25, -0.2) is 0 Å². The lowest BCUT2D eigenvalue weighted by Crippen LogP contribution is -2.65. The Morgan fingerprint density at radius 2 is 1.84 bits per heavy atom. The zero-order valence-electron chi connectivity index (χ0n) is 18.2. The van der Waals surface area contributed by atoms with Gasteiger partial charge in [0, 0.05) is 11.3 Å². The lowest BCUT2D eigenvalue weighted by molar-refractivity contribution is -0.335. The summed E-state index contributed by atoms with van der Waals surface area (Å²) in [6.07, 6.45) is -9.08. The van der Waals surface area contributed by atoms with Crippen molar-refractivity contribution < 1.29 is 54.4 Å². The average Bonchev–Trinajstić information content (AvgIpc) is 3.21. The van der Waals surface area contributed by atoms with Crippen LogP contribution in [0.2, 0.25) is 0 Å². The highest BCUT2D eigenvalue weighted by Crippen LogP contribution is 2.64. The van der Waals surface area contributed by atoms with E-state index < -0.39 is 96.1 Å². The van der Waals surface area contributed by atoms with E-state index in [0.717, 1.165) is 0 Å². The minimum Gasteiger partial charge on any atom is -0.481 e. The fraction of sp³-hybridized carbons (Fsp3) is 0.905. The first-order valence-corrected chi connectivity index (χ1v) is 11.0. The summed E-state index contributed by atoms with van der Waals surface area (Å²) in [5, 5.41) is 61.0. The van der Waals surface area contributed by atoms with E-state index in [-0.39, 0.29) is 0 Å². The Balaban J connectivity index is 1.75. The summed E-state index contributed by atoms with van der Waals surface area (Å²) in [5.41, 5.74) is -2.44. The summed E-state index contributed by atoms with van der Waals surface area (Å²) in [7, 11) is 0. The summed E-state index contributed by atoms with van der Waals surface area (Å²) < 4.78 is 17.2. The monoisotopic (exact) mass is 460 g/mol. The number of aliphatic carboxylic acids is 1. The predicted molar refractivity (Wildman–Crippen MR) is 104 cm³/mol. The topological polar surface area (TPSA) is 183 Å². The second-order valence-electron chi connectivity index (χ2n) is 10.3. The Morgan fingerprint density at radius 1 is 1.19 bits per heavy atom. The molecule has 12 atom stereocenters. The number of fused-ring (bicyclic) bond motifs is 4. The van der Waals surface area contributed by atoms with E-state index in [1.807, 2.05) is 0 Å². The molecular formula is C21H32O11. The van der Waals surface area contributed by atoms with Crippen LogP contribution in [0.3, 0.4) is 0 Å². The molecule has 4 rings (SSSR count). The number of carbonyl (C=O) groups is 2. The number of hydrogen-bond acceptors (Lipinski definition) is 10. The number of carboxylic acid groups (broad SMARTS) is 1. The Labute approximate surface area is 184 Å². The third-order valence-corrected chi connectivity index (χ3v) is 8.17. The summed E-state index contributed by atoms with van der Waals surface area (Å²) in [5.74, 6) is -4.29.